The lowest BCUT2D eigenvalue weighted by Crippen LogP contribution is -2.35. The van der Waals surface area contributed by atoms with Crippen molar-refractivity contribution in [1.82, 2.24) is 10.2 Å². The van der Waals surface area contributed by atoms with Crippen molar-refractivity contribution in [3.8, 4) is 5.75 Å². The lowest BCUT2D eigenvalue weighted by Gasteiger charge is -2.20. The maximum Gasteiger partial charge on any atom is 0.261 e. The average Bonchev–Trinajstić information content (AvgIpc) is 3.20. The molecule has 1 unspecified atom stereocenters. The van der Waals surface area contributed by atoms with Crippen LogP contribution in [0.25, 0.3) is 0 Å². The number of nitrogens with one attached hydrogen (secondary N) is 1. The number of likely N-dealkylation sites (tertiary alicyclic amines) is 1. The van der Waals surface area contributed by atoms with Crippen molar-refractivity contribution in [3.05, 3.63) is 65.2 Å². The number of amides is 1. The second-order valence-corrected chi connectivity index (χ2v) is 9.05. The number of benzene rings is 2. The van der Waals surface area contributed by atoms with E-state index in [4.69, 9.17) is 4.74 Å². The van der Waals surface area contributed by atoms with Gasteiger partial charge in [-0.2, -0.15) is 0 Å². The number of carbonyl (C=O) groups is 1. The minimum atomic E-state index is -0.537. The summed E-state index contributed by atoms with van der Waals surface area (Å²) in [5, 5.41) is 2.97. The fraction of sp³-hybridized carbons (Fsp3) is 0.480. The molecule has 1 atom stereocenters. The predicted octanol–water partition coefficient (Wildman–Crippen LogP) is 4.66. The molecule has 2 aromatic carbocycles. The molecule has 1 fully saturated rings. The zero-order valence-electron chi connectivity index (χ0n) is 18.2. The van der Waals surface area contributed by atoms with Crippen molar-refractivity contribution in [2.45, 2.75) is 65.1 Å². The standard InChI is InChI=1S/C25H34N2O2/c1-19(29-23-13-11-22(12-14-23)25(2,3)4)24(28)26-17-20-7-9-21(10-8-20)18-27-15-5-6-16-27/h7-14,19H,5-6,15-18H2,1-4H3,(H,26,28). The van der Waals surface area contributed by atoms with Crippen LogP contribution in [0.2, 0.25) is 0 Å². The van der Waals surface area contributed by atoms with Crippen LogP contribution in [0.1, 0.15) is 57.2 Å². The monoisotopic (exact) mass is 394 g/mol. The highest BCUT2D eigenvalue weighted by atomic mass is 16.5. The molecule has 0 spiro atoms. The van der Waals surface area contributed by atoms with E-state index in [9.17, 15) is 4.79 Å². The maximum atomic E-state index is 12.4. The maximum absolute atomic E-state index is 12.4. The predicted molar refractivity (Wildman–Crippen MR) is 118 cm³/mol. The highest BCUT2D eigenvalue weighted by Gasteiger charge is 2.17. The first kappa shape index (κ1) is 21.4. The summed E-state index contributed by atoms with van der Waals surface area (Å²) in [5.41, 5.74) is 3.78. The van der Waals surface area contributed by atoms with Gasteiger partial charge < -0.3 is 10.1 Å². The fourth-order valence-electron chi connectivity index (χ4n) is 3.59. The molecule has 1 saturated heterocycles. The molecule has 0 aliphatic carbocycles. The molecule has 1 amide bonds. The second-order valence-electron chi connectivity index (χ2n) is 9.05. The van der Waals surface area contributed by atoms with Gasteiger partial charge in [-0.3, -0.25) is 9.69 Å². The van der Waals surface area contributed by atoms with Gasteiger partial charge in [-0.05, 0) is 67.1 Å². The van der Waals surface area contributed by atoms with Gasteiger partial charge in [-0.15, -0.1) is 0 Å². The largest absolute Gasteiger partial charge is 0.481 e. The second kappa shape index (κ2) is 9.45. The fourth-order valence-corrected chi connectivity index (χ4v) is 3.59. The van der Waals surface area contributed by atoms with Crippen molar-refractivity contribution in [2.24, 2.45) is 0 Å². The zero-order chi connectivity index (χ0) is 20.9. The van der Waals surface area contributed by atoms with E-state index in [-0.39, 0.29) is 11.3 Å². The van der Waals surface area contributed by atoms with Gasteiger partial charge in [-0.25, -0.2) is 0 Å². The van der Waals surface area contributed by atoms with Crippen LogP contribution in [0.3, 0.4) is 0 Å². The van der Waals surface area contributed by atoms with E-state index in [1.165, 1.54) is 37.1 Å². The minimum Gasteiger partial charge on any atom is -0.481 e. The first-order valence-corrected chi connectivity index (χ1v) is 10.7. The molecule has 4 nitrogen and oxygen atoms in total. The van der Waals surface area contributed by atoms with Crippen molar-refractivity contribution in [3.63, 3.8) is 0 Å². The molecule has 29 heavy (non-hydrogen) atoms. The summed E-state index contributed by atoms with van der Waals surface area (Å²) in [5.74, 6) is 0.609. The molecule has 1 aliphatic rings. The summed E-state index contributed by atoms with van der Waals surface area (Å²) in [7, 11) is 0. The quantitative estimate of drug-likeness (QED) is 0.742. The van der Waals surface area contributed by atoms with Crippen molar-refractivity contribution >= 4 is 5.91 Å². The van der Waals surface area contributed by atoms with E-state index >= 15 is 0 Å². The van der Waals surface area contributed by atoms with Crippen LogP contribution < -0.4 is 10.1 Å². The number of ether oxygens (including phenoxy) is 1. The number of rotatable bonds is 7. The average molecular weight is 395 g/mol. The highest BCUT2D eigenvalue weighted by Crippen LogP contribution is 2.24. The van der Waals surface area contributed by atoms with Gasteiger partial charge in [0.15, 0.2) is 6.10 Å². The Morgan fingerprint density at radius 1 is 1.00 bits per heavy atom. The molecule has 156 valence electrons. The Morgan fingerprint density at radius 3 is 2.17 bits per heavy atom. The minimum absolute atomic E-state index is 0.103. The third-order valence-corrected chi connectivity index (χ3v) is 5.50. The van der Waals surface area contributed by atoms with Crippen LogP contribution in [0.5, 0.6) is 5.75 Å². The van der Waals surface area contributed by atoms with E-state index in [1.54, 1.807) is 6.92 Å². The molecular weight excluding hydrogens is 360 g/mol. The molecule has 0 saturated carbocycles. The normalized spacial score (nSPS) is 15.9. The number of carbonyl (C=O) groups excluding carboxylic acids is 1. The molecule has 0 bridgehead atoms. The number of nitrogens with zero attached hydrogens (tertiary/aromatic N) is 1. The molecule has 1 aliphatic heterocycles. The van der Waals surface area contributed by atoms with Gasteiger partial charge in [0.2, 0.25) is 0 Å². The first-order chi connectivity index (χ1) is 13.8. The Bertz CT molecular complexity index is 785. The summed E-state index contributed by atoms with van der Waals surface area (Å²) >= 11 is 0. The van der Waals surface area contributed by atoms with E-state index < -0.39 is 6.10 Å². The van der Waals surface area contributed by atoms with Crippen molar-refractivity contribution in [2.75, 3.05) is 13.1 Å². The number of hydrogen-bond acceptors (Lipinski definition) is 3. The Labute approximate surface area is 175 Å². The summed E-state index contributed by atoms with van der Waals surface area (Å²) < 4.78 is 5.81. The lowest BCUT2D eigenvalue weighted by atomic mass is 9.87. The van der Waals surface area contributed by atoms with Gasteiger partial charge in [0.1, 0.15) is 5.75 Å². The van der Waals surface area contributed by atoms with Gasteiger partial charge >= 0.3 is 0 Å². The molecule has 0 radical (unpaired) electrons. The third-order valence-electron chi connectivity index (χ3n) is 5.50. The van der Waals surface area contributed by atoms with E-state index in [1.807, 2.05) is 12.1 Å². The van der Waals surface area contributed by atoms with Crippen molar-refractivity contribution < 1.29 is 9.53 Å². The molecule has 1 heterocycles. The van der Waals surface area contributed by atoms with E-state index in [0.29, 0.717) is 12.3 Å². The molecule has 4 heteroatoms. The summed E-state index contributed by atoms with van der Waals surface area (Å²) in [6.07, 6.45) is 2.08. The topological polar surface area (TPSA) is 41.6 Å². The highest BCUT2D eigenvalue weighted by molar-refractivity contribution is 5.80. The molecular formula is C25H34N2O2. The number of hydrogen-bond donors (Lipinski definition) is 1. The van der Waals surface area contributed by atoms with E-state index in [0.717, 1.165) is 12.1 Å². The molecule has 2 aromatic rings. The summed E-state index contributed by atoms with van der Waals surface area (Å²) in [6, 6.07) is 16.5. The van der Waals surface area contributed by atoms with Gasteiger partial charge in [-0.1, -0.05) is 57.2 Å². The smallest absolute Gasteiger partial charge is 0.261 e. The van der Waals surface area contributed by atoms with Crippen LogP contribution in [-0.2, 0) is 23.3 Å². The summed E-state index contributed by atoms with van der Waals surface area (Å²) in [6.45, 7) is 12.3. The Hall–Kier alpha value is -2.33. The lowest BCUT2D eigenvalue weighted by molar-refractivity contribution is -0.127. The van der Waals surface area contributed by atoms with Gasteiger partial charge in [0, 0.05) is 13.1 Å². The van der Waals surface area contributed by atoms with Crippen LogP contribution >= 0.6 is 0 Å². The Balaban J connectivity index is 1.45. The van der Waals surface area contributed by atoms with Crippen LogP contribution in [0.4, 0.5) is 0 Å². The molecule has 3 rings (SSSR count). The van der Waals surface area contributed by atoms with Crippen LogP contribution in [-0.4, -0.2) is 30.0 Å². The molecule has 1 N–H and O–H groups in total. The Morgan fingerprint density at radius 2 is 1.59 bits per heavy atom. The van der Waals surface area contributed by atoms with Crippen LogP contribution in [0.15, 0.2) is 48.5 Å². The van der Waals surface area contributed by atoms with Crippen LogP contribution in [0, 0.1) is 0 Å². The van der Waals surface area contributed by atoms with Crippen molar-refractivity contribution in [1.29, 1.82) is 0 Å². The summed E-state index contributed by atoms with van der Waals surface area (Å²) in [4.78, 5) is 14.9. The van der Waals surface area contributed by atoms with Gasteiger partial charge in [0.25, 0.3) is 5.91 Å². The molecule has 0 aromatic heterocycles. The first-order valence-electron chi connectivity index (χ1n) is 10.7. The SMILES string of the molecule is CC(Oc1ccc(C(C)(C)C)cc1)C(=O)NCc1ccc(CN2CCCC2)cc1. The zero-order valence-corrected chi connectivity index (χ0v) is 18.2. The van der Waals surface area contributed by atoms with E-state index in [2.05, 4.69) is 67.4 Å². The Kier molecular flexibility index (Phi) is 6.96. The van der Waals surface area contributed by atoms with Gasteiger partial charge in [0.05, 0.1) is 0 Å². The third kappa shape index (κ3) is 6.33.